The zero-order chi connectivity index (χ0) is 18.4. The maximum atomic E-state index is 4.40. The molecule has 1 aliphatic heterocycles. The molecule has 5 heteroatoms. The van der Waals surface area contributed by atoms with E-state index in [1.54, 1.807) is 0 Å². The van der Waals surface area contributed by atoms with Crippen molar-refractivity contribution in [2.45, 2.75) is 45.2 Å². The van der Waals surface area contributed by atoms with Gasteiger partial charge in [0.1, 0.15) is 0 Å². The highest BCUT2D eigenvalue weighted by Gasteiger charge is 2.21. The van der Waals surface area contributed by atoms with E-state index in [1.807, 2.05) is 7.05 Å². The van der Waals surface area contributed by atoms with Gasteiger partial charge in [0, 0.05) is 38.8 Å². The first-order chi connectivity index (χ1) is 12.7. The van der Waals surface area contributed by atoms with Gasteiger partial charge in [-0.25, -0.2) is 0 Å². The second kappa shape index (κ2) is 10.9. The number of aliphatic imine (C=N–C) groups is 1. The number of hydrogen-bond donors (Lipinski definition) is 2. The lowest BCUT2D eigenvalue weighted by Crippen LogP contribution is -2.50. The van der Waals surface area contributed by atoms with Crippen LogP contribution in [0.3, 0.4) is 0 Å². The normalized spacial score (nSPS) is 16.4. The molecule has 1 heterocycles. The van der Waals surface area contributed by atoms with Crippen molar-refractivity contribution in [3.63, 3.8) is 0 Å². The Morgan fingerprint density at radius 1 is 1.11 bits per heavy atom. The number of hydrogen-bond acceptors (Lipinski definition) is 2. The molecule has 0 atom stereocenters. The van der Waals surface area contributed by atoms with Gasteiger partial charge in [-0.3, -0.25) is 4.99 Å². The Morgan fingerprint density at radius 3 is 2.48 bits per heavy atom. The Hall–Kier alpha value is -1.34. The minimum absolute atomic E-state index is 0. The van der Waals surface area contributed by atoms with Crippen molar-refractivity contribution in [2.24, 2.45) is 4.99 Å². The highest BCUT2D eigenvalue weighted by atomic mass is 127. The fourth-order valence-electron chi connectivity index (χ4n) is 3.67. The summed E-state index contributed by atoms with van der Waals surface area (Å²) in [6, 6.07) is 16.4. The molecule has 0 aliphatic carbocycles. The zero-order valence-corrected chi connectivity index (χ0v) is 19.1. The molecule has 148 valence electrons. The van der Waals surface area contributed by atoms with Crippen LogP contribution in [0, 0.1) is 0 Å². The van der Waals surface area contributed by atoms with Crippen LogP contribution in [-0.4, -0.2) is 49.6 Å². The highest BCUT2D eigenvalue weighted by molar-refractivity contribution is 14.0. The summed E-state index contributed by atoms with van der Waals surface area (Å²) >= 11 is 0. The third-order valence-corrected chi connectivity index (χ3v) is 5.34. The number of benzene rings is 2. The van der Waals surface area contributed by atoms with Gasteiger partial charge in [0.25, 0.3) is 0 Å². The Kier molecular flexibility index (Phi) is 8.83. The van der Waals surface area contributed by atoms with E-state index in [0.29, 0.717) is 12.1 Å². The van der Waals surface area contributed by atoms with Gasteiger partial charge in [0.05, 0.1) is 0 Å². The van der Waals surface area contributed by atoms with Crippen molar-refractivity contribution >= 4 is 40.7 Å². The number of fused-ring (bicyclic) bond motifs is 1. The quantitative estimate of drug-likeness (QED) is 0.386. The molecule has 0 spiro atoms. The van der Waals surface area contributed by atoms with Crippen LogP contribution in [0.1, 0.15) is 32.3 Å². The summed E-state index contributed by atoms with van der Waals surface area (Å²) in [5.74, 6) is 0.925. The molecule has 0 saturated carbocycles. The predicted molar refractivity (Wildman–Crippen MR) is 127 cm³/mol. The Labute approximate surface area is 180 Å². The molecule has 2 aromatic carbocycles. The number of nitrogens with one attached hydrogen (secondary N) is 2. The number of piperidine rings is 1. The van der Waals surface area contributed by atoms with E-state index in [2.05, 4.69) is 76.8 Å². The molecule has 27 heavy (non-hydrogen) atoms. The van der Waals surface area contributed by atoms with Gasteiger partial charge < -0.3 is 15.5 Å². The fourth-order valence-corrected chi connectivity index (χ4v) is 3.67. The lowest BCUT2D eigenvalue weighted by Gasteiger charge is -2.35. The van der Waals surface area contributed by atoms with E-state index in [4.69, 9.17) is 0 Å². The smallest absolute Gasteiger partial charge is 0.191 e. The minimum atomic E-state index is 0. The van der Waals surface area contributed by atoms with Gasteiger partial charge in [0.15, 0.2) is 5.96 Å². The summed E-state index contributed by atoms with van der Waals surface area (Å²) in [5.41, 5.74) is 1.36. The van der Waals surface area contributed by atoms with Crippen LogP contribution in [0.5, 0.6) is 0 Å². The van der Waals surface area contributed by atoms with Gasteiger partial charge in [-0.2, -0.15) is 0 Å². The Bertz CT molecular complexity index is 736. The van der Waals surface area contributed by atoms with Crippen molar-refractivity contribution in [3.8, 4) is 0 Å². The van der Waals surface area contributed by atoms with E-state index in [1.165, 1.54) is 42.3 Å². The maximum absolute atomic E-state index is 4.40. The van der Waals surface area contributed by atoms with Crippen molar-refractivity contribution in [3.05, 3.63) is 48.0 Å². The third-order valence-electron chi connectivity index (χ3n) is 5.34. The van der Waals surface area contributed by atoms with Crippen LogP contribution in [0.4, 0.5) is 0 Å². The van der Waals surface area contributed by atoms with Crippen molar-refractivity contribution in [1.29, 1.82) is 0 Å². The van der Waals surface area contributed by atoms with Crippen LogP contribution in [0.25, 0.3) is 10.8 Å². The number of halogens is 1. The van der Waals surface area contributed by atoms with E-state index in [-0.39, 0.29) is 24.0 Å². The average molecular weight is 480 g/mol. The van der Waals surface area contributed by atoms with Crippen LogP contribution >= 0.6 is 24.0 Å². The molecule has 2 N–H and O–H groups in total. The lowest BCUT2D eigenvalue weighted by atomic mass is 10.0. The van der Waals surface area contributed by atoms with Crippen molar-refractivity contribution < 1.29 is 0 Å². The van der Waals surface area contributed by atoms with Gasteiger partial charge in [0.2, 0.25) is 0 Å². The summed E-state index contributed by atoms with van der Waals surface area (Å²) < 4.78 is 0. The van der Waals surface area contributed by atoms with E-state index >= 15 is 0 Å². The third kappa shape index (κ3) is 6.35. The van der Waals surface area contributed by atoms with Crippen LogP contribution < -0.4 is 10.6 Å². The second-order valence-corrected chi connectivity index (χ2v) is 7.48. The molecule has 0 radical (unpaired) electrons. The number of likely N-dealkylation sites (tertiary alicyclic amines) is 1. The van der Waals surface area contributed by atoms with Gasteiger partial charge in [-0.1, -0.05) is 42.5 Å². The molecular formula is C22H33IN4. The van der Waals surface area contributed by atoms with Gasteiger partial charge in [-0.15, -0.1) is 24.0 Å². The minimum Gasteiger partial charge on any atom is -0.356 e. The predicted octanol–water partition coefficient (Wildman–Crippen LogP) is 4.04. The van der Waals surface area contributed by atoms with Crippen molar-refractivity contribution in [1.82, 2.24) is 15.5 Å². The molecule has 1 aliphatic rings. The molecule has 2 aromatic rings. The first-order valence-corrected chi connectivity index (χ1v) is 9.84. The molecule has 1 fully saturated rings. The summed E-state index contributed by atoms with van der Waals surface area (Å²) in [7, 11) is 1.86. The molecule has 0 aromatic heterocycles. The largest absolute Gasteiger partial charge is 0.356 e. The monoisotopic (exact) mass is 480 g/mol. The zero-order valence-electron chi connectivity index (χ0n) is 16.7. The van der Waals surface area contributed by atoms with Crippen molar-refractivity contribution in [2.75, 3.05) is 26.7 Å². The first kappa shape index (κ1) is 22.0. The highest BCUT2D eigenvalue weighted by Crippen LogP contribution is 2.16. The summed E-state index contributed by atoms with van der Waals surface area (Å²) in [6.07, 6.45) is 3.37. The molecule has 1 saturated heterocycles. The number of guanidine groups is 1. The summed E-state index contributed by atoms with van der Waals surface area (Å²) in [6.45, 7) is 7.79. The molecular weight excluding hydrogens is 447 g/mol. The molecule has 0 bridgehead atoms. The molecule has 0 amide bonds. The second-order valence-electron chi connectivity index (χ2n) is 7.48. The first-order valence-electron chi connectivity index (χ1n) is 9.84. The van der Waals surface area contributed by atoms with E-state index < -0.39 is 0 Å². The number of rotatable bonds is 5. The summed E-state index contributed by atoms with van der Waals surface area (Å²) in [5, 5.41) is 9.68. The van der Waals surface area contributed by atoms with Crippen LogP contribution in [0.2, 0.25) is 0 Å². The maximum Gasteiger partial charge on any atom is 0.191 e. The molecule has 4 nitrogen and oxygen atoms in total. The summed E-state index contributed by atoms with van der Waals surface area (Å²) in [4.78, 5) is 6.95. The van der Waals surface area contributed by atoms with E-state index in [9.17, 15) is 0 Å². The van der Waals surface area contributed by atoms with Crippen LogP contribution in [-0.2, 0) is 6.42 Å². The molecule has 0 unspecified atom stereocenters. The van der Waals surface area contributed by atoms with Gasteiger partial charge in [-0.05, 0) is 49.4 Å². The van der Waals surface area contributed by atoms with E-state index in [0.717, 1.165) is 18.9 Å². The fraction of sp³-hybridized carbons (Fsp3) is 0.500. The number of nitrogens with zero attached hydrogens (tertiary/aromatic N) is 2. The Morgan fingerprint density at radius 2 is 1.81 bits per heavy atom. The molecule has 3 rings (SSSR count). The van der Waals surface area contributed by atoms with Gasteiger partial charge >= 0.3 is 0 Å². The topological polar surface area (TPSA) is 39.7 Å². The average Bonchev–Trinajstić information content (AvgIpc) is 2.67. The lowest BCUT2D eigenvalue weighted by molar-refractivity contribution is 0.167. The SMILES string of the molecule is CN=C(NCCc1ccc2ccccc2c1)NC1CCN(C(C)C)CC1.I. The Balaban J connectivity index is 0.00000261. The standard InChI is InChI=1S/C22H32N4.HI/c1-17(2)26-14-11-21(12-15-26)25-22(23-3)24-13-10-18-8-9-19-6-4-5-7-20(19)16-18;/h4-9,16-17,21H,10-15H2,1-3H3,(H2,23,24,25);1H. The van der Waals surface area contributed by atoms with Crippen LogP contribution in [0.15, 0.2) is 47.5 Å².